The molecule has 2 aromatic rings. The highest BCUT2D eigenvalue weighted by Crippen LogP contribution is 2.19. The van der Waals surface area contributed by atoms with Gasteiger partial charge in [0.15, 0.2) is 0 Å². The summed E-state index contributed by atoms with van der Waals surface area (Å²) >= 11 is 5.88. The molecule has 2 rings (SSSR count). The molecule has 0 radical (unpaired) electrons. The third kappa shape index (κ3) is 6.01. The molecule has 2 aromatic carbocycles. The van der Waals surface area contributed by atoms with Gasteiger partial charge in [-0.05, 0) is 36.9 Å². The van der Waals surface area contributed by atoms with Gasteiger partial charge in [-0.3, -0.25) is 4.79 Å². The summed E-state index contributed by atoms with van der Waals surface area (Å²) < 4.78 is 52.5. The first-order chi connectivity index (χ1) is 13.2. The number of carbonyl (C=O) groups excluding carboxylic acids is 1. The lowest BCUT2D eigenvalue weighted by Gasteiger charge is -2.09. The van der Waals surface area contributed by atoms with E-state index in [1.54, 1.807) is 24.3 Å². The Morgan fingerprint density at radius 1 is 1.00 bits per heavy atom. The Kier molecular flexibility index (Phi) is 7.55. The number of hydrogen-bond donors (Lipinski definition) is 3. The zero-order valence-corrected chi connectivity index (χ0v) is 17.4. The summed E-state index contributed by atoms with van der Waals surface area (Å²) in [5.41, 5.74) is 0.598. The van der Waals surface area contributed by atoms with Crippen LogP contribution in [0.25, 0.3) is 0 Å². The van der Waals surface area contributed by atoms with Crippen LogP contribution in [0, 0.1) is 0 Å². The van der Waals surface area contributed by atoms with E-state index in [0.717, 1.165) is 0 Å². The first-order valence-corrected chi connectivity index (χ1v) is 11.5. The van der Waals surface area contributed by atoms with Gasteiger partial charge in [-0.15, -0.1) is 0 Å². The van der Waals surface area contributed by atoms with E-state index in [0.29, 0.717) is 5.56 Å². The maximum atomic E-state index is 12.2. The molecule has 0 atom stereocenters. The van der Waals surface area contributed by atoms with E-state index < -0.39 is 20.0 Å². The lowest BCUT2D eigenvalue weighted by Crippen LogP contribution is -2.30. The van der Waals surface area contributed by atoms with Gasteiger partial charge in [0, 0.05) is 19.5 Å². The fraction of sp³-hybridized carbons (Fsp3) is 0.235. The van der Waals surface area contributed by atoms with E-state index in [-0.39, 0.29) is 40.2 Å². The Balaban J connectivity index is 1.87. The third-order valence-electron chi connectivity index (χ3n) is 3.74. The number of halogens is 1. The molecule has 0 saturated heterocycles. The SMILES string of the molecule is CNS(=O)(=O)c1cccc(CNC(=O)CCNS(=O)(=O)c2ccccc2Cl)c1. The quantitative estimate of drug-likeness (QED) is 0.536. The van der Waals surface area contributed by atoms with E-state index in [2.05, 4.69) is 14.8 Å². The largest absolute Gasteiger partial charge is 0.352 e. The molecule has 0 spiro atoms. The van der Waals surface area contributed by atoms with E-state index in [1.165, 1.54) is 31.3 Å². The fourth-order valence-electron chi connectivity index (χ4n) is 2.27. The first kappa shape index (κ1) is 22.3. The van der Waals surface area contributed by atoms with Crippen LogP contribution in [-0.4, -0.2) is 36.3 Å². The van der Waals surface area contributed by atoms with Crippen molar-refractivity contribution >= 4 is 37.6 Å². The number of hydrogen-bond acceptors (Lipinski definition) is 5. The van der Waals surface area contributed by atoms with Gasteiger partial charge in [0.1, 0.15) is 4.90 Å². The highest BCUT2D eigenvalue weighted by Gasteiger charge is 2.17. The number of sulfonamides is 2. The molecule has 0 saturated carbocycles. The van der Waals surface area contributed by atoms with Crippen LogP contribution in [-0.2, 0) is 31.4 Å². The summed E-state index contributed by atoms with van der Waals surface area (Å²) in [6.45, 7) is 0.0106. The van der Waals surface area contributed by atoms with Crippen LogP contribution in [0.4, 0.5) is 0 Å². The van der Waals surface area contributed by atoms with Crippen molar-refractivity contribution in [3.05, 3.63) is 59.1 Å². The number of amides is 1. The molecule has 0 aliphatic rings. The van der Waals surface area contributed by atoms with Crippen LogP contribution in [0.2, 0.25) is 5.02 Å². The molecule has 11 heteroatoms. The molecule has 0 aliphatic carbocycles. The molecular formula is C17H20ClN3O5S2. The minimum Gasteiger partial charge on any atom is -0.352 e. The maximum Gasteiger partial charge on any atom is 0.242 e. The average Bonchev–Trinajstić information content (AvgIpc) is 2.66. The van der Waals surface area contributed by atoms with Crippen LogP contribution in [0.15, 0.2) is 58.3 Å². The first-order valence-electron chi connectivity index (χ1n) is 8.19. The molecule has 0 bridgehead atoms. The van der Waals surface area contributed by atoms with Crippen molar-refractivity contribution < 1.29 is 21.6 Å². The zero-order valence-electron chi connectivity index (χ0n) is 15.0. The van der Waals surface area contributed by atoms with Gasteiger partial charge in [0.05, 0.1) is 9.92 Å². The number of rotatable bonds is 9. The normalized spacial score (nSPS) is 11.9. The number of nitrogens with one attached hydrogen (secondary N) is 3. The van der Waals surface area contributed by atoms with Crippen molar-refractivity contribution in [1.29, 1.82) is 0 Å². The Labute approximate surface area is 169 Å². The molecule has 0 aromatic heterocycles. The van der Waals surface area contributed by atoms with Crippen LogP contribution in [0.5, 0.6) is 0 Å². The van der Waals surface area contributed by atoms with Crippen LogP contribution >= 0.6 is 11.6 Å². The third-order valence-corrected chi connectivity index (χ3v) is 7.11. The van der Waals surface area contributed by atoms with Gasteiger partial charge in [0.2, 0.25) is 26.0 Å². The molecule has 1 amide bonds. The smallest absolute Gasteiger partial charge is 0.242 e. The van der Waals surface area contributed by atoms with Gasteiger partial charge in [-0.2, -0.15) is 0 Å². The van der Waals surface area contributed by atoms with E-state index in [4.69, 9.17) is 11.6 Å². The summed E-state index contributed by atoms with van der Waals surface area (Å²) in [5, 5.41) is 2.71. The van der Waals surface area contributed by atoms with Crippen LogP contribution in [0.1, 0.15) is 12.0 Å². The van der Waals surface area contributed by atoms with E-state index in [1.807, 2.05) is 0 Å². The highest BCUT2D eigenvalue weighted by atomic mass is 35.5. The molecule has 28 heavy (non-hydrogen) atoms. The van der Waals surface area contributed by atoms with Crippen LogP contribution < -0.4 is 14.8 Å². The topological polar surface area (TPSA) is 121 Å². The summed E-state index contributed by atoms with van der Waals surface area (Å²) in [6.07, 6.45) is -0.0851. The van der Waals surface area contributed by atoms with Crippen molar-refractivity contribution in [1.82, 2.24) is 14.8 Å². The van der Waals surface area contributed by atoms with Gasteiger partial charge in [0.25, 0.3) is 0 Å². The predicted octanol–water partition coefficient (Wildman–Crippen LogP) is 1.23. The van der Waals surface area contributed by atoms with Crippen LogP contribution in [0.3, 0.4) is 0 Å². The number of benzene rings is 2. The summed E-state index contributed by atoms with van der Waals surface area (Å²) in [5.74, 6) is -0.385. The summed E-state index contributed by atoms with van der Waals surface area (Å²) in [7, 11) is -6.07. The zero-order chi connectivity index (χ0) is 20.8. The second-order valence-electron chi connectivity index (χ2n) is 5.71. The van der Waals surface area contributed by atoms with E-state index >= 15 is 0 Å². The predicted molar refractivity (Wildman–Crippen MR) is 106 cm³/mol. The summed E-state index contributed by atoms with van der Waals surface area (Å²) in [6, 6.07) is 12.1. The molecular weight excluding hydrogens is 426 g/mol. The molecule has 0 heterocycles. The second kappa shape index (κ2) is 9.48. The fourth-order valence-corrected chi connectivity index (χ4v) is 4.62. The van der Waals surface area contributed by atoms with Gasteiger partial charge in [-0.25, -0.2) is 26.3 Å². The Bertz CT molecular complexity index is 1060. The van der Waals surface area contributed by atoms with Crippen molar-refractivity contribution in [3.8, 4) is 0 Å². The monoisotopic (exact) mass is 445 g/mol. The molecule has 0 aliphatic heterocycles. The standard InChI is InChI=1S/C17H20ClN3O5S2/c1-19-27(23,24)14-6-4-5-13(11-14)12-20-17(22)9-10-21-28(25,26)16-8-3-2-7-15(16)18/h2-8,11,19,21H,9-10,12H2,1H3,(H,20,22). The van der Waals surface area contributed by atoms with Crippen molar-refractivity contribution in [2.75, 3.05) is 13.6 Å². The molecule has 8 nitrogen and oxygen atoms in total. The number of carbonyl (C=O) groups is 1. The van der Waals surface area contributed by atoms with Crippen molar-refractivity contribution in [2.24, 2.45) is 0 Å². The van der Waals surface area contributed by atoms with Gasteiger partial charge in [-0.1, -0.05) is 35.9 Å². The molecule has 3 N–H and O–H groups in total. The Morgan fingerprint density at radius 3 is 2.39 bits per heavy atom. The summed E-state index contributed by atoms with van der Waals surface area (Å²) in [4.78, 5) is 12.0. The van der Waals surface area contributed by atoms with Gasteiger partial charge >= 0.3 is 0 Å². The van der Waals surface area contributed by atoms with Crippen molar-refractivity contribution in [3.63, 3.8) is 0 Å². The van der Waals surface area contributed by atoms with E-state index in [9.17, 15) is 21.6 Å². The van der Waals surface area contributed by atoms with Crippen molar-refractivity contribution in [2.45, 2.75) is 22.8 Å². The minimum absolute atomic E-state index is 0.0559. The Hall–Kier alpha value is -1.98. The van der Waals surface area contributed by atoms with Gasteiger partial charge < -0.3 is 5.32 Å². The Morgan fingerprint density at radius 2 is 1.71 bits per heavy atom. The highest BCUT2D eigenvalue weighted by molar-refractivity contribution is 7.89. The molecule has 152 valence electrons. The second-order valence-corrected chi connectivity index (χ2v) is 9.74. The maximum absolute atomic E-state index is 12.2. The average molecular weight is 446 g/mol. The lowest BCUT2D eigenvalue weighted by molar-refractivity contribution is -0.121. The molecule has 0 unspecified atom stereocenters. The molecule has 0 fully saturated rings. The lowest BCUT2D eigenvalue weighted by atomic mass is 10.2. The minimum atomic E-state index is -3.81.